The molecule has 4 rings (SSSR count). The second-order valence-electron chi connectivity index (χ2n) is 7.32. The quantitative estimate of drug-likeness (QED) is 0.731. The first kappa shape index (κ1) is 16.6. The number of likely N-dealkylation sites (tertiary alicyclic amines) is 1. The van der Waals surface area contributed by atoms with Gasteiger partial charge in [0.2, 0.25) is 5.91 Å². The van der Waals surface area contributed by atoms with Crippen LogP contribution in [-0.4, -0.2) is 37.5 Å². The highest BCUT2D eigenvalue weighted by Crippen LogP contribution is 2.42. The van der Waals surface area contributed by atoms with Crippen LogP contribution in [0.3, 0.4) is 0 Å². The van der Waals surface area contributed by atoms with Crippen LogP contribution in [0.1, 0.15) is 24.8 Å². The largest absolute Gasteiger partial charge is 0.439 e. The molecule has 0 radical (unpaired) electrons. The Morgan fingerprint density at radius 1 is 1.08 bits per heavy atom. The van der Waals surface area contributed by atoms with Crippen molar-refractivity contribution in [1.82, 2.24) is 4.90 Å². The molecule has 2 aliphatic rings. The molecule has 1 amide bonds. The number of rotatable bonds is 1. The zero-order valence-corrected chi connectivity index (χ0v) is 16.1. The lowest BCUT2D eigenvalue weighted by Crippen LogP contribution is -2.44. The summed E-state index contributed by atoms with van der Waals surface area (Å²) in [5.74, 6) is 0.862. The van der Waals surface area contributed by atoms with E-state index in [0.29, 0.717) is 16.9 Å². The van der Waals surface area contributed by atoms with E-state index in [2.05, 4.69) is 20.8 Å². The maximum atomic E-state index is 12.5. The SMILES string of the molecule is Cc1cc(Br)c2oc(N3CCC4(CCN(C)C4=O)CC3)cc(=O)c2c1. The van der Waals surface area contributed by atoms with Gasteiger partial charge in [-0.05, 0) is 59.8 Å². The minimum atomic E-state index is -0.208. The van der Waals surface area contributed by atoms with Crippen molar-refractivity contribution >= 4 is 38.7 Å². The zero-order chi connectivity index (χ0) is 17.8. The molecular weight excluding hydrogens is 384 g/mol. The smallest absolute Gasteiger partial charge is 0.228 e. The number of halogens is 1. The fourth-order valence-electron chi connectivity index (χ4n) is 4.11. The van der Waals surface area contributed by atoms with Crippen LogP contribution in [0.15, 0.2) is 31.9 Å². The molecular formula is C19H21BrN2O3. The standard InChI is InChI=1S/C19H21BrN2O3/c1-12-9-13-15(23)11-16(25-17(13)14(20)10-12)22-7-4-19(5-8-22)3-6-21(2)18(19)24/h9-11H,3-8H2,1-2H3. The maximum absolute atomic E-state index is 12.5. The van der Waals surface area contributed by atoms with Gasteiger partial charge in [-0.15, -0.1) is 0 Å². The average Bonchev–Trinajstić information content (AvgIpc) is 2.85. The molecule has 2 saturated heterocycles. The molecule has 132 valence electrons. The summed E-state index contributed by atoms with van der Waals surface area (Å²) in [4.78, 5) is 28.9. The lowest BCUT2D eigenvalue weighted by Gasteiger charge is -2.38. The lowest BCUT2D eigenvalue weighted by molar-refractivity contribution is -0.135. The normalized spacial score (nSPS) is 20.0. The van der Waals surface area contributed by atoms with Crippen LogP contribution >= 0.6 is 15.9 Å². The molecule has 3 heterocycles. The summed E-state index contributed by atoms with van der Waals surface area (Å²) in [6, 6.07) is 5.38. The van der Waals surface area contributed by atoms with Crippen LogP contribution < -0.4 is 10.3 Å². The number of nitrogens with zero attached hydrogens (tertiary/aromatic N) is 2. The van der Waals surface area contributed by atoms with Crippen molar-refractivity contribution in [2.24, 2.45) is 5.41 Å². The Bertz CT molecular complexity index is 913. The molecule has 0 N–H and O–H groups in total. The molecule has 2 fully saturated rings. The summed E-state index contributed by atoms with van der Waals surface area (Å²) in [5, 5.41) is 0.594. The van der Waals surface area contributed by atoms with Crippen molar-refractivity contribution in [2.75, 3.05) is 31.6 Å². The third kappa shape index (κ3) is 2.67. The average molecular weight is 405 g/mol. The summed E-state index contributed by atoms with van der Waals surface area (Å²) in [6.07, 6.45) is 2.56. The van der Waals surface area contributed by atoms with Crippen molar-refractivity contribution in [1.29, 1.82) is 0 Å². The molecule has 1 aromatic carbocycles. The van der Waals surface area contributed by atoms with E-state index in [4.69, 9.17) is 4.42 Å². The third-order valence-electron chi connectivity index (χ3n) is 5.67. The Morgan fingerprint density at radius 2 is 1.76 bits per heavy atom. The number of anilines is 1. The predicted octanol–water partition coefficient (Wildman–Crippen LogP) is 3.31. The number of benzene rings is 1. The van der Waals surface area contributed by atoms with Gasteiger partial charge < -0.3 is 14.2 Å². The summed E-state index contributed by atoms with van der Waals surface area (Å²) in [5.41, 5.74) is 1.37. The van der Waals surface area contributed by atoms with Gasteiger partial charge in [-0.1, -0.05) is 0 Å². The van der Waals surface area contributed by atoms with E-state index in [1.807, 2.05) is 31.0 Å². The third-order valence-corrected chi connectivity index (χ3v) is 6.26. The Kier molecular flexibility index (Phi) is 3.90. The summed E-state index contributed by atoms with van der Waals surface area (Å²) < 4.78 is 6.84. The van der Waals surface area contributed by atoms with Gasteiger partial charge in [0.25, 0.3) is 0 Å². The monoisotopic (exact) mass is 404 g/mol. The molecule has 0 bridgehead atoms. The molecule has 0 aliphatic carbocycles. The number of hydrogen-bond acceptors (Lipinski definition) is 4. The highest BCUT2D eigenvalue weighted by atomic mass is 79.9. The molecule has 1 aromatic heterocycles. The number of carbonyl (C=O) groups is 1. The number of fused-ring (bicyclic) bond motifs is 1. The topological polar surface area (TPSA) is 53.8 Å². The van der Waals surface area contributed by atoms with Gasteiger partial charge in [0, 0.05) is 32.7 Å². The Morgan fingerprint density at radius 3 is 2.40 bits per heavy atom. The van der Waals surface area contributed by atoms with Crippen molar-refractivity contribution in [3.8, 4) is 0 Å². The Balaban J connectivity index is 1.64. The van der Waals surface area contributed by atoms with E-state index < -0.39 is 0 Å². The van der Waals surface area contributed by atoms with Crippen LogP contribution in [0.4, 0.5) is 5.88 Å². The van der Waals surface area contributed by atoms with Crippen LogP contribution in [-0.2, 0) is 4.79 Å². The molecule has 25 heavy (non-hydrogen) atoms. The van der Waals surface area contributed by atoms with Gasteiger partial charge in [0.05, 0.1) is 15.3 Å². The van der Waals surface area contributed by atoms with Gasteiger partial charge in [0.15, 0.2) is 16.9 Å². The molecule has 6 heteroatoms. The van der Waals surface area contributed by atoms with Crippen molar-refractivity contribution in [2.45, 2.75) is 26.2 Å². The van der Waals surface area contributed by atoms with E-state index in [1.54, 1.807) is 6.07 Å². The minimum absolute atomic E-state index is 0.0300. The Labute approximate surface area is 154 Å². The molecule has 5 nitrogen and oxygen atoms in total. The van der Waals surface area contributed by atoms with Gasteiger partial charge >= 0.3 is 0 Å². The number of aryl methyl sites for hydroxylation is 1. The maximum Gasteiger partial charge on any atom is 0.228 e. The zero-order valence-electron chi connectivity index (χ0n) is 14.5. The van der Waals surface area contributed by atoms with Crippen LogP contribution in [0.25, 0.3) is 11.0 Å². The lowest BCUT2D eigenvalue weighted by atomic mass is 9.77. The highest BCUT2D eigenvalue weighted by molar-refractivity contribution is 9.10. The molecule has 0 unspecified atom stereocenters. The Hall–Kier alpha value is -1.82. The number of carbonyl (C=O) groups excluding carboxylic acids is 1. The first-order chi connectivity index (χ1) is 11.9. The van der Waals surface area contributed by atoms with Crippen molar-refractivity contribution in [3.63, 3.8) is 0 Å². The molecule has 2 aromatic rings. The van der Waals surface area contributed by atoms with Crippen LogP contribution in [0.2, 0.25) is 0 Å². The van der Waals surface area contributed by atoms with Crippen LogP contribution in [0, 0.1) is 12.3 Å². The fraction of sp³-hybridized carbons (Fsp3) is 0.474. The number of piperidine rings is 1. The van der Waals surface area contributed by atoms with Gasteiger partial charge in [0.1, 0.15) is 0 Å². The molecule has 0 atom stereocenters. The molecule has 0 saturated carbocycles. The van der Waals surface area contributed by atoms with E-state index in [0.717, 1.165) is 48.9 Å². The summed E-state index contributed by atoms with van der Waals surface area (Å²) in [6.45, 7) is 4.27. The second kappa shape index (κ2) is 5.87. The van der Waals surface area contributed by atoms with E-state index in [9.17, 15) is 9.59 Å². The van der Waals surface area contributed by atoms with E-state index in [-0.39, 0.29) is 16.8 Å². The number of hydrogen-bond donors (Lipinski definition) is 0. The molecule has 1 spiro atoms. The van der Waals surface area contributed by atoms with E-state index >= 15 is 0 Å². The minimum Gasteiger partial charge on any atom is -0.439 e. The van der Waals surface area contributed by atoms with E-state index in [1.165, 1.54) is 0 Å². The summed E-state index contributed by atoms with van der Waals surface area (Å²) >= 11 is 3.50. The first-order valence-corrected chi connectivity index (χ1v) is 9.43. The summed E-state index contributed by atoms with van der Waals surface area (Å²) in [7, 11) is 1.88. The van der Waals surface area contributed by atoms with Gasteiger partial charge in [-0.25, -0.2) is 0 Å². The van der Waals surface area contributed by atoms with Crippen LogP contribution in [0.5, 0.6) is 0 Å². The molecule has 2 aliphatic heterocycles. The predicted molar refractivity (Wildman–Crippen MR) is 101 cm³/mol. The van der Waals surface area contributed by atoms with Crippen molar-refractivity contribution < 1.29 is 9.21 Å². The fourth-order valence-corrected chi connectivity index (χ4v) is 4.77. The second-order valence-corrected chi connectivity index (χ2v) is 8.17. The first-order valence-electron chi connectivity index (χ1n) is 8.64. The van der Waals surface area contributed by atoms with Gasteiger partial charge in [-0.3, -0.25) is 9.59 Å². The van der Waals surface area contributed by atoms with Gasteiger partial charge in [-0.2, -0.15) is 0 Å². The highest BCUT2D eigenvalue weighted by Gasteiger charge is 2.47. The van der Waals surface area contributed by atoms with Crippen molar-refractivity contribution in [3.05, 3.63) is 38.5 Å². The number of amides is 1.